The van der Waals surface area contributed by atoms with Crippen LogP contribution >= 0.6 is 11.8 Å². The third-order valence-electron chi connectivity index (χ3n) is 8.02. The Morgan fingerprint density at radius 2 is 1.73 bits per heavy atom. The van der Waals surface area contributed by atoms with E-state index in [1.165, 1.54) is 30.9 Å². The van der Waals surface area contributed by atoms with Gasteiger partial charge in [-0.15, -0.1) is 11.8 Å². The second-order valence-electron chi connectivity index (χ2n) is 12.5. The minimum absolute atomic E-state index is 0.0647. The zero-order valence-corrected chi connectivity index (χ0v) is 28.6. The number of fused-ring (bicyclic) bond motifs is 3. The second-order valence-corrected chi connectivity index (χ2v) is 13.5. The van der Waals surface area contributed by atoms with Crippen LogP contribution in [0.4, 0.5) is 0 Å². The fraction of sp³-hybridized carbons (Fsp3) is 0.469. The number of benzene rings is 1. The highest BCUT2D eigenvalue weighted by Crippen LogP contribution is 2.31. The highest BCUT2D eigenvalue weighted by molar-refractivity contribution is 7.99. The van der Waals surface area contributed by atoms with E-state index in [0.29, 0.717) is 21.5 Å². The number of carbonyl (C=O) groups excluding carboxylic acids is 5. The maximum absolute atomic E-state index is 14.1. The SMILES string of the molecule is CC(C)C[C@@H]1NC(=O)[C@@H](NC(=O)c2cncn2C)Cc2c([nH]c3ccccc23)SC[C@@H](C(=O)O)NC(=O)[C@H]([C@@H](C)O)NC(=O)[C@@H](C)NC1=O. The Kier molecular flexibility index (Phi) is 12.1. The molecular weight excluding hydrogens is 656 g/mol. The number of carbonyl (C=O) groups is 6. The van der Waals surface area contributed by atoms with Crippen molar-refractivity contribution in [1.29, 1.82) is 0 Å². The number of imidazole rings is 1. The number of hydrogen-bond donors (Lipinski definition) is 8. The number of aliphatic hydroxyl groups excluding tert-OH is 1. The summed E-state index contributed by atoms with van der Waals surface area (Å²) >= 11 is 1.07. The predicted molar refractivity (Wildman–Crippen MR) is 179 cm³/mol. The van der Waals surface area contributed by atoms with Gasteiger partial charge in [0, 0.05) is 30.1 Å². The third-order valence-corrected chi connectivity index (χ3v) is 9.15. The quantitative estimate of drug-likeness (QED) is 0.169. The summed E-state index contributed by atoms with van der Waals surface area (Å²) in [6, 6.07) is 0.690. The molecule has 264 valence electrons. The largest absolute Gasteiger partial charge is 0.480 e. The van der Waals surface area contributed by atoms with Gasteiger partial charge in [0.05, 0.1) is 23.7 Å². The minimum Gasteiger partial charge on any atom is -0.480 e. The number of thioether (sulfide) groups is 1. The maximum atomic E-state index is 14.1. The van der Waals surface area contributed by atoms with Crippen molar-refractivity contribution in [2.45, 2.75) is 81.9 Å². The fourth-order valence-electron chi connectivity index (χ4n) is 5.36. The highest BCUT2D eigenvalue weighted by Gasteiger charge is 2.34. The van der Waals surface area contributed by atoms with Crippen LogP contribution in [0.2, 0.25) is 0 Å². The molecule has 49 heavy (non-hydrogen) atoms. The van der Waals surface area contributed by atoms with E-state index in [4.69, 9.17) is 0 Å². The summed E-state index contributed by atoms with van der Waals surface area (Å²) in [7, 11) is 1.63. The lowest BCUT2D eigenvalue weighted by molar-refractivity contribution is -0.142. The predicted octanol–water partition coefficient (Wildman–Crippen LogP) is -0.181. The van der Waals surface area contributed by atoms with Crippen LogP contribution in [0.5, 0.6) is 0 Å². The van der Waals surface area contributed by atoms with Crippen LogP contribution in [0.1, 0.15) is 50.2 Å². The molecule has 2 aromatic heterocycles. The van der Waals surface area contributed by atoms with E-state index in [9.17, 15) is 39.0 Å². The van der Waals surface area contributed by atoms with Crippen LogP contribution in [-0.4, -0.2) is 102 Å². The topological polar surface area (TPSA) is 237 Å². The Morgan fingerprint density at radius 3 is 2.37 bits per heavy atom. The Morgan fingerprint density at radius 1 is 1.02 bits per heavy atom. The molecule has 3 heterocycles. The number of carboxylic acid groups (broad SMARTS) is 1. The van der Waals surface area contributed by atoms with Crippen molar-refractivity contribution in [3.05, 3.63) is 48.0 Å². The number of hydrogen-bond acceptors (Lipinski definition) is 9. The number of amides is 5. The molecule has 0 aliphatic carbocycles. The number of nitrogens with one attached hydrogen (secondary N) is 6. The van der Waals surface area contributed by atoms with Gasteiger partial charge in [0.15, 0.2) is 0 Å². The van der Waals surface area contributed by atoms with Crippen molar-refractivity contribution in [1.82, 2.24) is 41.1 Å². The zero-order chi connectivity index (χ0) is 36.0. The lowest BCUT2D eigenvalue weighted by atomic mass is 10.0. The molecular formula is C32H42N8O8S. The number of aromatic nitrogens is 3. The zero-order valence-electron chi connectivity index (χ0n) is 27.8. The number of aliphatic carboxylic acids is 1. The maximum Gasteiger partial charge on any atom is 0.327 e. The van der Waals surface area contributed by atoms with Gasteiger partial charge in [0.1, 0.15) is 35.9 Å². The molecule has 17 heteroatoms. The summed E-state index contributed by atoms with van der Waals surface area (Å²) in [5, 5.41) is 34.4. The Balaban J connectivity index is 1.80. The minimum atomic E-state index is -1.53. The van der Waals surface area contributed by atoms with Crippen LogP contribution in [0.15, 0.2) is 41.8 Å². The number of aliphatic hydroxyl groups is 1. The normalized spacial score (nSPS) is 23.7. The van der Waals surface area contributed by atoms with E-state index >= 15 is 0 Å². The number of H-pyrrole nitrogens is 1. The lowest BCUT2D eigenvalue weighted by Crippen LogP contribution is -2.60. The van der Waals surface area contributed by atoms with E-state index in [-0.39, 0.29) is 30.2 Å². The number of aromatic amines is 1. The first-order chi connectivity index (χ1) is 23.2. The number of rotatable bonds is 6. The first-order valence-corrected chi connectivity index (χ1v) is 16.8. The molecule has 0 bridgehead atoms. The summed E-state index contributed by atoms with van der Waals surface area (Å²) in [6.07, 6.45) is 1.51. The van der Waals surface area contributed by atoms with Crippen molar-refractivity contribution in [2.75, 3.05) is 5.75 Å². The van der Waals surface area contributed by atoms with Gasteiger partial charge in [-0.3, -0.25) is 24.0 Å². The first kappa shape index (κ1) is 36.9. The van der Waals surface area contributed by atoms with E-state index in [0.717, 1.165) is 11.8 Å². The molecule has 0 radical (unpaired) electrons. The summed E-state index contributed by atoms with van der Waals surface area (Å²) in [5.74, 6) is -5.30. The molecule has 8 N–H and O–H groups in total. The van der Waals surface area contributed by atoms with Crippen LogP contribution in [0.25, 0.3) is 10.9 Å². The molecule has 4 rings (SSSR count). The molecule has 3 aromatic rings. The van der Waals surface area contributed by atoms with Crippen LogP contribution in [-0.2, 0) is 37.4 Å². The monoisotopic (exact) mass is 698 g/mol. The molecule has 0 saturated carbocycles. The average Bonchev–Trinajstić information content (AvgIpc) is 3.62. The molecule has 0 saturated heterocycles. The smallest absolute Gasteiger partial charge is 0.327 e. The summed E-state index contributed by atoms with van der Waals surface area (Å²) < 4.78 is 1.49. The third kappa shape index (κ3) is 9.17. The Hall–Kier alpha value is -4.90. The molecule has 6 atom stereocenters. The van der Waals surface area contributed by atoms with Crippen molar-refractivity contribution in [3.8, 4) is 0 Å². The molecule has 0 fully saturated rings. The van der Waals surface area contributed by atoms with Gasteiger partial charge in [-0.25, -0.2) is 9.78 Å². The fourth-order valence-corrected chi connectivity index (χ4v) is 6.47. The van der Waals surface area contributed by atoms with Gasteiger partial charge in [-0.1, -0.05) is 32.0 Å². The molecule has 1 aliphatic heterocycles. The van der Waals surface area contributed by atoms with Crippen molar-refractivity contribution in [3.63, 3.8) is 0 Å². The van der Waals surface area contributed by atoms with Gasteiger partial charge in [-0.2, -0.15) is 0 Å². The first-order valence-electron chi connectivity index (χ1n) is 15.8. The van der Waals surface area contributed by atoms with Gasteiger partial charge >= 0.3 is 5.97 Å². The van der Waals surface area contributed by atoms with E-state index in [1.807, 2.05) is 19.9 Å². The molecule has 1 aliphatic rings. The number of carboxylic acids is 1. The van der Waals surface area contributed by atoms with Crippen LogP contribution < -0.4 is 26.6 Å². The Bertz CT molecular complexity index is 1720. The highest BCUT2D eigenvalue weighted by atomic mass is 32.2. The number of nitrogens with zero attached hydrogens (tertiary/aromatic N) is 2. The Labute approximate surface area is 286 Å². The average molecular weight is 699 g/mol. The molecule has 1 aromatic carbocycles. The molecule has 0 spiro atoms. The number of para-hydroxylation sites is 1. The molecule has 0 unspecified atom stereocenters. The van der Waals surface area contributed by atoms with E-state index < -0.39 is 71.8 Å². The van der Waals surface area contributed by atoms with Crippen LogP contribution in [0.3, 0.4) is 0 Å². The van der Waals surface area contributed by atoms with Crippen LogP contribution in [0, 0.1) is 5.92 Å². The van der Waals surface area contributed by atoms with Crippen molar-refractivity contribution < 1.29 is 39.0 Å². The second kappa shape index (κ2) is 16.0. The van der Waals surface area contributed by atoms with E-state index in [1.54, 1.807) is 25.2 Å². The van der Waals surface area contributed by atoms with E-state index in [2.05, 4.69) is 36.6 Å². The van der Waals surface area contributed by atoms with Gasteiger partial charge in [0.25, 0.3) is 5.91 Å². The number of aryl methyl sites for hydroxylation is 1. The molecule has 16 nitrogen and oxygen atoms in total. The molecule has 5 amide bonds. The summed E-state index contributed by atoms with van der Waals surface area (Å²) in [5.41, 5.74) is 1.46. The van der Waals surface area contributed by atoms with Gasteiger partial charge in [-0.05, 0) is 37.8 Å². The summed E-state index contributed by atoms with van der Waals surface area (Å²) in [4.78, 5) is 86.8. The van der Waals surface area contributed by atoms with Crippen molar-refractivity contribution >= 4 is 58.2 Å². The van der Waals surface area contributed by atoms with Gasteiger partial charge < -0.3 is 46.3 Å². The standard InChI is InChI=1S/C32H42N8O8S/c1-15(2)10-21-27(43)34-16(3)26(42)39-25(17(4)41)30(46)37-23(32(47)48)13-49-31-19(18-8-6-7-9-20(18)38-31)11-22(28(44)35-21)36-29(45)24-12-33-14-40(24)5/h6-9,12,14-17,21-23,25,38,41H,10-11,13H2,1-5H3,(H,34,43)(H,35,44)(H,36,45)(H,37,46)(H,39,42)(H,47,48)/t16-,17-,21+,22+,23+,25+/m1/s1. The summed E-state index contributed by atoms with van der Waals surface area (Å²) in [6.45, 7) is 6.34. The lowest BCUT2D eigenvalue weighted by Gasteiger charge is -2.27. The van der Waals surface area contributed by atoms with Crippen molar-refractivity contribution in [2.24, 2.45) is 13.0 Å². The van der Waals surface area contributed by atoms with Gasteiger partial charge in [0.2, 0.25) is 23.6 Å².